The molecule has 4 aliphatic rings. The molecule has 8 heteroatoms. The van der Waals surface area contributed by atoms with E-state index in [4.69, 9.17) is 18.3 Å². The fourth-order valence-electron chi connectivity index (χ4n) is 8.56. The van der Waals surface area contributed by atoms with Gasteiger partial charge in [-0.05, 0) is 97.9 Å². The predicted molar refractivity (Wildman–Crippen MR) is 143 cm³/mol. The van der Waals surface area contributed by atoms with Gasteiger partial charge in [0, 0.05) is 21.9 Å². The topological polar surface area (TPSA) is 49.3 Å². The summed E-state index contributed by atoms with van der Waals surface area (Å²) < 4.78 is 22.0. The zero-order valence-electron chi connectivity index (χ0n) is 20.8. The van der Waals surface area contributed by atoms with E-state index in [1.807, 2.05) is 0 Å². The highest BCUT2D eigenvalue weighted by Crippen LogP contribution is 2.68. The van der Waals surface area contributed by atoms with Crippen molar-refractivity contribution in [3.8, 4) is 0 Å². The molecule has 0 aliphatic heterocycles. The molecule has 0 aromatic rings. The van der Waals surface area contributed by atoms with Gasteiger partial charge in [-0.2, -0.15) is 0 Å². The van der Waals surface area contributed by atoms with Gasteiger partial charge in [-0.3, -0.25) is 0 Å². The summed E-state index contributed by atoms with van der Waals surface area (Å²) in [5, 5.41) is 0. The van der Waals surface area contributed by atoms with Crippen molar-refractivity contribution in [1.82, 2.24) is 0 Å². The van der Waals surface area contributed by atoms with E-state index in [1.165, 1.54) is 44.3 Å². The minimum absolute atomic E-state index is 0.349. The van der Waals surface area contributed by atoms with Gasteiger partial charge in [0.15, 0.2) is 0 Å². The quantitative estimate of drug-likeness (QED) is 0.228. The Balaban J connectivity index is 1.54. The highest BCUT2D eigenvalue weighted by Gasteiger charge is 2.61. The first-order valence-corrected chi connectivity index (χ1v) is 14.1. The van der Waals surface area contributed by atoms with E-state index in [-0.39, 0.29) is 0 Å². The Morgan fingerprint density at radius 1 is 1.09 bits per heavy atom. The minimum Gasteiger partial charge on any atom is -0.485 e. The number of nitrogens with zero attached hydrogens (tertiary/aromatic N) is 1. The van der Waals surface area contributed by atoms with Gasteiger partial charge in [-0.25, -0.2) is 4.99 Å². The lowest BCUT2D eigenvalue weighted by Crippen LogP contribution is -2.54. The second kappa shape index (κ2) is 10.6. The third-order valence-electron chi connectivity index (χ3n) is 10.4. The van der Waals surface area contributed by atoms with E-state index in [0.29, 0.717) is 52.6 Å². The van der Waals surface area contributed by atoms with E-state index in [0.717, 1.165) is 25.3 Å². The number of fused-ring (bicyclic) bond motifs is 5. The molecule has 4 rings (SSSR count). The molecule has 188 valence electrons. The van der Waals surface area contributed by atoms with Crippen molar-refractivity contribution in [2.45, 2.75) is 78.2 Å². The van der Waals surface area contributed by atoms with Crippen LogP contribution in [0.25, 0.3) is 0 Å². The largest absolute Gasteiger partial charge is 0.485 e. The van der Waals surface area contributed by atoms with E-state index in [1.54, 1.807) is 7.11 Å². The number of rotatable bonds is 6. The highest BCUT2D eigenvalue weighted by atomic mass is 31.0. The van der Waals surface area contributed by atoms with Crippen LogP contribution in [0.5, 0.6) is 0 Å². The van der Waals surface area contributed by atoms with Crippen LogP contribution in [0.3, 0.4) is 0 Å². The molecule has 0 bridgehead atoms. The van der Waals surface area contributed by atoms with E-state index in [2.05, 4.69) is 60.2 Å². The molecule has 0 aromatic carbocycles. The van der Waals surface area contributed by atoms with Crippen LogP contribution in [0.1, 0.15) is 72.1 Å². The molecule has 0 amide bonds. The Morgan fingerprint density at radius 2 is 1.82 bits per heavy atom. The van der Waals surface area contributed by atoms with Crippen molar-refractivity contribution in [3.63, 3.8) is 0 Å². The summed E-state index contributed by atoms with van der Waals surface area (Å²) in [6, 6.07) is 0. The van der Waals surface area contributed by atoms with Gasteiger partial charge in [0.2, 0.25) is 0 Å². The minimum atomic E-state index is 0.349. The maximum atomic E-state index is 6.07. The number of hydrogen-bond acceptors (Lipinski definition) is 5. The van der Waals surface area contributed by atoms with Gasteiger partial charge in [-0.1, -0.05) is 20.8 Å². The summed E-state index contributed by atoms with van der Waals surface area (Å²) in [7, 11) is 8.88. The zero-order valence-corrected chi connectivity index (χ0v) is 24.3. The summed E-state index contributed by atoms with van der Waals surface area (Å²) in [5.41, 5.74) is 0.739. The van der Waals surface area contributed by atoms with E-state index in [9.17, 15) is 0 Å². The molecule has 0 aromatic heterocycles. The van der Waals surface area contributed by atoms with Crippen molar-refractivity contribution in [2.24, 2.45) is 51.3 Å². The maximum Gasteiger partial charge on any atom is 0.385 e. The molecule has 0 saturated heterocycles. The second-order valence-corrected chi connectivity index (χ2v) is 12.3. The number of methoxy groups -OCH3 is 1. The normalized spacial score (nSPS) is 43.6. The van der Waals surface area contributed by atoms with Gasteiger partial charge in [0.1, 0.15) is 0 Å². The Morgan fingerprint density at radius 3 is 2.48 bits per heavy atom. The Hall–Kier alpha value is 0.0600. The first-order valence-electron chi connectivity index (χ1n) is 12.7. The van der Waals surface area contributed by atoms with Gasteiger partial charge in [0.25, 0.3) is 0 Å². The first kappa shape index (κ1) is 26.1. The SMILES string of the molecule is CO/C(=N/CC[C@@H](C)[C@H]1CC[C@H]2[C@@H]3C(OP)=C[C@@H]4C[C@H](OP)CC[C@]4(C)[C@H]3CC[C@]12C)OP. The smallest absolute Gasteiger partial charge is 0.385 e. The lowest BCUT2D eigenvalue weighted by atomic mass is 9.46. The fraction of sp³-hybridized carbons (Fsp3) is 0.880. The number of ether oxygens (including phenoxy) is 1. The summed E-state index contributed by atoms with van der Waals surface area (Å²) in [4.78, 5) is 4.46. The average molecular weight is 516 g/mol. The third kappa shape index (κ3) is 4.63. The van der Waals surface area contributed by atoms with Crippen LogP contribution in [0.4, 0.5) is 0 Å². The van der Waals surface area contributed by atoms with Crippen LogP contribution < -0.4 is 0 Å². The van der Waals surface area contributed by atoms with Crippen LogP contribution in [0.2, 0.25) is 0 Å². The molecule has 0 N–H and O–H groups in total. The highest BCUT2D eigenvalue weighted by molar-refractivity contribution is 7.10. The molecular formula is C25H44NO4P3. The monoisotopic (exact) mass is 515 g/mol. The molecule has 3 saturated carbocycles. The molecule has 33 heavy (non-hydrogen) atoms. The molecule has 0 radical (unpaired) electrons. The van der Waals surface area contributed by atoms with Crippen LogP contribution in [-0.2, 0) is 18.3 Å². The van der Waals surface area contributed by atoms with Crippen LogP contribution >= 0.6 is 28.4 Å². The molecule has 3 fully saturated rings. The number of hydrogen-bond donors (Lipinski definition) is 0. The molecule has 0 heterocycles. The van der Waals surface area contributed by atoms with Gasteiger partial charge in [-0.15, -0.1) is 0 Å². The number of allylic oxidation sites excluding steroid dienone is 2. The molecule has 3 unspecified atom stereocenters. The van der Waals surface area contributed by atoms with Crippen molar-refractivity contribution in [1.29, 1.82) is 0 Å². The molecule has 4 aliphatic carbocycles. The Kier molecular flexibility index (Phi) is 8.38. The van der Waals surface area contributed by atoms with Crippen LogP contribution in [0, 0.1) is 46.3 Å². The predicted octanol–water partition coefficient (Wildman–Crippen LogP) is 6.57. The number of aliphatic imine (C=N–C) groups is 1. The van der Waals surface area contributed by atoms with Crippen molar-refractivity contribution in [2.75, 3.05) is 13.7 Å². The van der Waals surface area contributed by atoms with Crippen molar-refractivity contribution >= 4 is 34.5 Å². The van der Waals surface area contributed by atoms with Gasteiger partial charge < -0.3 is 18.3 Å². The van der Waals surface area contributed by atoms with E-state index < -0.39 is 0 Å². The summed E-state index contributed by atoms with van der Waals surface area (Å²) in [6.45, 7) is 8.34. The summed E-state index contributed by atoms with van der Waals surface area (Å²) in [6.07, 6.45) is 13.1. The van der Waals surface area contributed by atoms with Crippen LogP contribution in [-0.4, -0.2) is 25.8 Å². The molecule has 12 atom stereocenters. The fourth-order valence-corrected chi connectivity index (χ4v) is 9.21. The maximum absolute atomic E-state index is 6.07. The summed E-state index contributed by atoms with van der Waals surface area (Å²) in [5.74, 6) is 5.14. The second-order valence-electron chi connectivity index (χ2n) is 11.5. The third-order valence-corrected chi connectivity index (χ3v) is 11.2. The molecule has 5 nitrogen and oxygen atoms in total. The molecular weight excluding hydrogens is 471 g/mol. The lowest BCUT2D eigenvalue weighted by molar-refractivity contribution is -0.0913. The van der Waals surface area contributed by atoms with Gasteiger partial charge in [0.05, 0.1) is 37.9 Å². The van der Waals surface area contributed by atoms with Crippen LogP contribution in [0.15, 0.2) is 16.8 Å². The van der Waals surface area contributed by atoms with Crippen molar-refractivity contribution < 1.29 is 18.3 Å². The van der Waals surface area contributed by atoms with Gasteiger partial charge >= 0.3 is 6.08 Å². The Bertz CT molecular complexity index is 758. The first-order chi connectivity index (χ1) is 15.8. The van der Waals surface area contributed by atoms with E-state index >= 15 is 0 Å². The average Bonchev–Trinajstić information content (AvgIpc) is 3.18. The zero-order chi connectivity index (χ0) is 23.8. The summed E-state index contributed by atoms with van der Waals surface area (Å²) >= 11 is 0. The Labute approximate surface area is 207 Å². The standard InChI is InChI=1S/C25H44NO4P3/c1-15(9-12-26-23(27-4)30-33)18-5-6-19-22-20(8-11-25(18,19)3)24(2)10-7-17(28-31)13-16(24)14-21(22)29-32/h14-20,22H,5-13,31-33H2,1-4H3/b26-23-/t15-,16+,17-,18-,19+,20+,22+,24+,25-/m1/s1. The van der Waals surface area contributed by atoms with Crippen molar-refractivity contribution in [3.05, 3.63) is 11.8 Å². The lowest BCUT2D eigenvalue weighted by Gasteiger charge is -2.60. The molecule has 0 spiro atoms.